The number of hydrogen-bond acceptors (Lipinski definition) is 3. The van der Waals surface area contributed by atoms with Gasteiger partial charge in [-0.05, 0) is 31.5 Å². The van der Waals surface area contributed by atoms with Crippen molar-refractivity contribution in [2.45, 2.75) is 33.2 Å². The van der Waals surface area contributed by atoms with Crippen molar-refractivity contribution in [2.24, 2.45) is 11.1 Å². The van der Waals surface area contributed by atoms with Crippen LogP contribution in [0.25, 0.3) is 0 Å². The van der Waals surface area contributed by atoms with E-state index in [0.29, 0.717) is 13.2 Å². The molecule has 0 fully saturated rings. The standard InChI is InChI=1S/C14H20BrNO2/c1-13(2)7-17-11-5-9(14(3,4)16)10(15)6-12(11)18-8-13/h5-6H,7-8,16H2,1-4H3. The SMILES string of the molecule is CC1(C)COc2cc(Br)c(C(C)(C)N)cc2OC1. The maximum atomic E-state index is 6.16. The van der Waals surface area contributed by atoms with Crippen LogP contribution in [0.3, 0.4) is 0 Å². The van der Waals surface area contributed by atoms with Gasteiger partial charge < -0.3 is 15.2 Å². The molecule has 0 unspecified atom stereocenters. The zero-order chi connectivity index (χ0) is 13.6. The molecule has 100 valence electrons. The second kappa shape index (κ2) is 4.42. The van der Waals surface area contributed by atoms with Crippen molar-refractivity contribution in [2.75, 3.05) is 13.2 Å². The van der Waals surface area contributed by atoms with Gasteiger partial charge in [0, 0.05) is 15.4 Å². The molecule has 0 amide bonds. The molecule has 18 heavy (non-hydrogen) atoms. The number of fused-ring (bicyclic) bond motifs is 1. The first-order valence-electron chi connectivity index (χ1n) is 6.08. The molecule has 1 aliphatic heterocycles. The molecule has 0 saturated heterocycles. The third kappa shape index (κ3) is 2.81. The number of benzene rings is 1. The van der Waals surface area contributed by atoms with Crippen molar-refractivity contribution in [3.8, 4) is 11.5 Å². The quantitative estimate of drug-likeness (QED) is 0.863. The fraction of sp³-hybridized carbons (Fsp3) is 0.571. The van der Waals surface area contributed by atoms with E-state index in [2.05, 4.69) is 29.8 Å². The first-order valence-corrected chi connectivity index (χ1v) is 6.87. The average molecular weight is 314 g/mol. The predicted octanol–water partition coefficient (Wildman–Crippen LogP) is 3.44. The largest absolute Gasteiger partial charge is 0.489 e. The van der Waals surface area contributed by atoms with Crippen molar-refractivity contribution in [1.29, 1.82) is 0 Å². The van der Waals surface area contributed by atoms with Gasteiger partial charge in [0.05, 0.1) is 13.2 Å². The van der Waals surface area contributed by atoms with Crippen molar-refractivity contribution < 1.29 is 9.47 Å². The van der Waals surface area contributed by atoms with Crippen LogP contribution in [0.1, 0.15) is 33.3 Å². The summed E-state index contributed by atoms with van der Waals surface area (Å²) in [4.78, 5) is 0. The maximum absolute atomic E-state index is 6.16. The molecule has 0 aromatic heterocycles. The second-order valence-corrected chi connectivity index (χ2v) is 7.10. The van der Waals surface area contributed by atoms with Gasteiger partial charge in [-0.15, -0.1) is 0 Å². The number of hydrogen-bond donors (Lipinski definition) is 1. The Labute approximate surface area is 117 Å². The molecule has 0 aliphatic carbocycles. The van der Waals surface area contributed by atoms with Gasteiger partial charge in [0.1, 0.15) is 0 Å². The van der Waals surface area contributed by atoms with Crippen molar-refractivity contribution in [1.82, 2.24) is 0 Å². The number of nitrogens with two attached hydrogens (primary N) is 1. The van der Waals surface area contributed by atoms with Crippen LogP contribution in [-0.2, 0) is 5.54 Å². The van der Waals surface area contributed by atoms with E-state index >= 15 is 0 Å². The summed E-state index contributed by atoms with van der Waals surface area (Å²) in [6.07, 6.45) is 0. The van der Waals surface area contributed by atoms with Gasteiger partial charge in [-0.3, -0.25) is 0 Å². The third-order valence-corrected chi connectivity index (χ3v) is 3.62. The minimum Gasteiger partial charge on any atom is -0.489 e. The molecule has 1 aromatic rings. The van der Waals surface area contributed by atoms with E-state index in [-0.39, 0.29) is 5.41 Å². The third-order valence-electron chi connectivity index (χ3n) is 2.96. The Morgan fingerprint density at radius 3 is 2.17 bits per heavy atom. The summed E-state index contributed by atoms with van der Waals surface area (Å²) in [5.74, 6) is 1.55. The van der Waals surface area contributed by atoms with Gasteiger partial charge in [-0.2, -0.15) is 0 Å². The van der Waals surface area contributed by atoms with E-state index < -0.39 is 5.54 Å². The molecule has 1 aromatic carbocycles. The first kappa shape index (κ1) is 13.7. The molecule has 1 aliphatic rings. The lowest BCUT2D eigenvalue weighted by atomic mass is 9.95. The van der Waals surface area contributed by atoms with Gasteiger partial charge in [0.2, 0.25) is 0 Å². The lowest BCUT2D eigenvalue weighted by molar-refractivity contribution is 0.140. The molecule has 2 rings (SSSR count). The van der Waals surface area contributed by atoms with E-state index in [1.165, 1.54) is 0 Å². The van der Waals surface area contributed by atoms with E-state index in [9.17, 15) is 0 Å². The lowest BCUT2D eigenvalue weighted by Crippen LogP contribution is -2.29. The highest BCUT2D eigenvalue weighted by molar-refractivity contribution is 9.10. The van der Waals surface area contributed by atoms with Crippen LogP contribution in [0, 0.1) is 5.41 Å². The van der Waals surface area contributed by atoms with Crippen LogP contribution >= 0.6 is 15.9 Å². The van der Waals surface area contributed by atoms with Crippen molar-refractivity contribution >= 4 is 15.9 Å². The van der Waals surface area contributed by atoms with Gasteiger partial charge >= 0.3 is 0 Å². The molecule has 0 saturated carbocycles. The number of halogens is 1. The summed E-state index contributed by atoms with van der Waals surface area (Å²) in [5.41, 5.74) is 6.77. The van der Waals surface area contributed by atoms with Crippen LogP contribution < -0.4 is 15.2 Å². The number of ether oxygens (including phenoxy) is 2. The molecule has 4 heteroatoms. The molecule has 0 radical (unpaired) electrons. The maximum Gasteiger partial charge on any atom is 0.162 e. The zero-order valence-corrected chi connectivity index (χ0v) is 12.9. The average Bonchev–Trinajstić information content (AvgIpc) is 2.36. The van der Waals surface area contributed by atoms with Crippen LogP contribution in [0.2, 0.25) is 0 Å². The summed E-state index contributed by atoms with van der Waals surface area (Å²) in [5, 5.41) is 0. The van der Waals surface area contributed by atoms with Gasteiger partial charge in [-0.1, -0.05) is 29.8 Å². The molecule has 2 N–H and O–H groups in total. The van der Waals surface area contributed by atoms with Gasteiger partial charge in [0.25, 0.3) is 0 Å². The van der Waals surface area contributed by atoms with Crippen molar-refractivity contribution in [3.63, 3.8) is 0 Å². The molecule has 0 spiro atoms. The molecule has 0 bridgehead atoms. The van der Waals surface area contributed by atoms with E-state index in [1.807, 2.05) is 26.0 Å². The topological polar surface area (TPSA) is 44.5 Å². The normalized spacial score (nSPS) is 18.3. The molecular formula is C14H20BrNO2. The zero-order valence-electron chi connectivity index (χ0n) is 11.3. The molecule has 3 nitrogen and oxygen atoms in total. The minimum absolute atomic E-state index is 0.0178. The van der Waals surface area contributed by atoms with Gasteiger partial charge in [-0.25, -0.2) is 0 Å². The Morgan fingerprint density at radius 2 is 1.67 bits per heavy atom. The highest BCUT2D eigenvalue weighted by Gasteiger charge is 2.27. The summed E-state index contributed by atoms with van der Waals surface area (Å²) >= 11 is 3.55. The predicted molar refractivity (Wildman–Crippen MR) is 76.1 cm³/mol. The fourth-order valence-electron chi connectivity index (χ4n) is 1.84. The minimum atomic E-state index is -0.418. The Hall–Kier alpha value is -0.740. The van der Waals surface area contributed by atoms with Crippen LogP contribution in [-0.4, -0.2) is 13.2 Å². The van der Waals surface area contributed by atoms with Gasteiger partial charge in [0.15, 0.2) is 11.5 Å². The van der Waals surface area contributed by atoms with Crippen molar-refractivity contribution in [3.05, 3.63) is 22.2 Å². The lowest BCUT2D eigenvalue weighted by Gasteiger charge is -2.22. The summed E-state index contributed by atoms with van der Waals surface area (Å²) < 4.78 is 12.6. The molecule has 0 atom stereocenters. The summed E-state index contributed by atoms with van der Waals surface area (Å²) in [7, 11) is 0. The highest BCUT2D eigenvalue weighted by Crippen LogP contribution is 2.40. The number of rotatable bonds is 1. The molecule has 1 heterocycles. The van der Waals surface area contributed by atoms with Crippen LogP contribution in [0.15, 0.2) is 16.6 Å². The smallest absolute Gasteiger partial charge is 0.162 e. The van der Waals surface area contributed by atoms with E-state index in [4.69, 9.17) is 15.2 Å². The second-order valence-electron chi connectivity index (χ2n) is 6.24. The Bertz CT molecular complexity index is 464. The first-order chi connectivity index (χ1) is 8.19. The highest BCUT2D eigenvalue weighted by atomic mass is 79.9. The van der Waals surface area contributed by atoms with Crippen LogP contribution in [0.4, 0.5) is 0 Å². The Balaban J connectivity index is 2.42. The monoisotopic (exact) mass is 313 g/mol. The van der Waals surface area contributed by atoms with Crippen LogP contribution in [0.5, 0.6) is 11.5 Å². The summed E-state index contributed by atoms with van der Waals surface area (Å²) in [6, 6.07) is 3.92. The summed E-state index contributed by atoms with van der Waals surface area (Å²) in [6.45, 7) is 9.50. The fourth-order valence-corrected chi connectivity index (χ4v) is 2.68. The molecular weight excluding hydrogens is 294 g/mol. The Kier molecular flexibility index (Phi) is 3.36. The van der Waals surface area contributed by atoms with E-state index in [0.717, 1.165) is 21.5 Å². The van der Waals surface area contributed by atoms with E-state index in [1.54, 1.807) is 0 Å². The Morgan fingerprint density at radius 1 is 1.17 bits per heavy atom.